The summed E-state index contributed by atoms with van der Waals surface area (Å²) in [4.78, 5) is 1.87. The summed E-state index contributed by atoms with van der Waals surface area (Å²) in [6.45, 7) is 2.31. The molecular formula is C10H16ClN3O2. The van der Waals surface area contributed by atoms with Crippen molar-refractivity contribution in [1.82, 2.24) is 10.2 Å². The van der Waals surface area contributed by atoms with Crippen LogP contribution in [-0.2, 0) is 10.6 Å². The topological polar surface area (TPSA) is 51.4 Å². The van der Waals surface area contributed by atoms with E-state index in [9.17, 15) is 0 Å². The van der Waals surface area contributed by atoms with Crippen LogP contribution in [0.3, 0.4) is 0 Å². The van der Waals surface area contributed by atoms with Gasteiger partial charge in [-0.25, -0.2) is 0 Å². The first kappa shape index (κ1) is 11.7. The van der Waals surface area contributed by atoms with Crippen molar-refractivity contribution in [3.05, 3.63) is 5.89 Å². The van der Waals surface area contributed by atoms with Gasteiger partial charge in [-0.15, -0.1) is 16.7 Å². The number of likely N-dealkylation sites (N-methyl/N-ethyl adjacent to an activating group) is 1. The Morgan fingerprint density at radius 2 is 2.31 bits per heavy atom. The van der Waals surface area contributed by atoms with E-state index < -0.39 is 0 Å². The quantitative estimate of drug-likeness (QED) is 0.540. The number of aromatic nitrogens is 2. The fourth-order valence-corrected chi connectivity index (χ4v) is 1.39. The van der Waals surface area contributed by atoms with Gasteiger partial charge in [0.25, 0.3) is 0 Å². The Labute approximate surface area is 99.7 Å². The highest BCUT2D eigenvalue weighted by Gasteiger charge is 2.21. The molecule has 0 amide bonds. The smallest absolute Gasteiger partial charge is 0.318 e. The minimum atomic E-state index is 0.249. The molecule has 0 spiro atoms. The zero-order chi connectivity index (χ0) is 11.4. The number of hydrogen-bond donors (Lipinski definition) is 0. The molecule has 90 valence electrons. The number of ether oxygens (including phenoxy) is 1. The first-order valence-corrected chi connectivity index (χ1v) is 6.00. The van der Waals surface area contributed by atoms with Crippen molar-refractivity contribution in [2.45, 2.75) is 18.7 Å². The summed E-state index contributed by atoms with van der Waals surface area (Å²) in [6.07, 6.45) is 2.64. The highest BCUT2D eigenvalue weighted by Crippen LogP contribution is 2.28. The lowest BCUT2D eigenvalue weighted by Gasteiger charge is -2.13. The molecule has 0 N–H and O–H groups in total. The number of nitrogens with zero attached hydrogens (tertiary/aromatic N) is 3. The van der Waals surface area contributed by atoms with Crippen molar-refractivity contribution >= 4 is 17.6 Å². The lowest BCUT2D eigenvalue weighted by molar-refractivity contribution is 0.130. The molecule has 0 unspecified atom stereocenters. The average Bonchev–Trinajstić information content (AvgIpc) is 2.99. The van der Waals surface area contributed by atoms with Crippen molar-refractivity contribution in [1.29, 1.82) is 0 Å². The van der Waals surface area contributed by atoms with Crippen LogP contribution in [0.1, 0.15) is 18.7 Å². The molecule has 0 atom stereocenters. The van der Waals surface area contributed by atoms with Gasteiger partial charge in [0, 0.05) is 20.2 Å². The Kier molecular flexibility index (Phi) is 4.01. The van der Waals surface area contributed by atoms with Crippen LogP contribution < -0.4 is 4.90 Å². The Balaban J connectivity index is 1.67. The fraction of sp³-hybridized carbons (Fsp3) is 0.800. The third kappa shape index (κ3) is 3.35. The first-order valence-electron chi connectivity index (χ1n) is 5.47. The van der Waals surface area contributed by atoms with E-state index in [2.05, 4.69) is 10.2 Å². The zero-order valence-corrected chi connectivity index (χ0v) is 10.1. The zero-order valence-electron chi connectivity index (χ0n) is 9.36. The van der Waals surface area contributed by atoms with Crippen molar-refractivity contribution in [2.75, 3.05) is 31.7 Å². The van der Waals surface area contributed by atoms with Gasteiger partial charge < -0.3 is 14.1 Å². The van der Waals surface area contributed by atoms with Crippen LogP contribution in [-0.4, -0.2) is 37.0 Å². The number of hydrogen-bond acceptors (Lipinski definition) is 5. The molecule has 0 radical (unpaired) electrons. The summed E-state index contributed by atoms with van der Waals surface area (Å²) < 4.78 is 10.8. The monoisotopic (exact) mass is 245 g/mol. The van der Waals surface area contributed by atoms with E-state index in [1.807, 2.05) is 11.9 Å². The van der Waals surface area contributed by atoms with E-state index in [-0.39, 0.29) is 5.88 Å². The molecular weight excluding hydrogens is 230 g/mol. The van der Waals surface area contributed by atoms with Gasteiger partial charge >= 0.3 is 6.01 Å². The van der Waals surface area contributed by atoms with E-state index in [0.29, 0.717) is 18.5 Å². The van der Waals surface area contributed by atoms with Gasteiger partial charge in [-0.2, -0.15) is 0 Å². The fourth-order valence-electron chi connectivity index (χ4n) is 1.28. The molecule has 0 aliphatic heterocycles. The Morgan fingerprint density at radius 3 is 2.94 bits per heavy atom. The van der Waals surface area contributed by atoms with Gasteiger partial charge in [0.05, 0.1) is 6.61 Å². The standard InChI is InChI=1S/C10H16ClN3O2/c1-14(4-5-15-7-8-2-3-8)10-13-12-9(6-11)16-10/h8H,2-7H2,1H3. The van der Waals surface area contributed by atoms with Gasteiger partial charge in [0.2, 0.25) is 5.89 Å². The van der Waals surface area contributed by atoms with Crippen LogP contribution in [0.5, 0.6) is 0 Å². The molecule has 1 aliphatic rings. The Hall–Kier alpha value is -0.810. The molecule has 1 saturated carbocycles. The van der Waals surface area contributed by atoms with Crippen molar-refractivity contribution < 1.29 is 9.15 Å². The van der Waals surface area contributed by atoms with Crippen LogP contribution in [0.2, 0.25) is 0 Å². The van der Waals surface area contributed by atoms with Gasteiger partial charge in [-0.3, -0.25) is 0 Å². The largest absolute Gasteiger partial charge is 0.407 e. The summed E-state index contributed by atoms with van der Waals surface area (Å²) in [5.74, 6) is 1.50. The molecule has 1 aromatic heterocycles. The lowest BCUT2D eigenvalue weighted by atomic mass is 10.5. The Bertz CT molecular complexity index is 328. The van der Waals surface area contributed by atoms with Crippen LogP contribution >= 0.6 is 11.6 Å². The first-order chi connectivity index (χ1) is 7.79. The molecule has 1 heterocycles. The van der Waals surface area contributed by atoms with E-state index in [1.165, 1.54) is 12.8 Å². The minimum Gasteiger partial charge on any atom is -0.407 e. The van der Waals surface area contributed by atoms with Crippen molar-refractivity contribution in [2.24, 2.45) is 5.92 Å². The van der Waals surface area contributed by atoms with E-state index in [4.69, 9.17) is 20.8 Å². The second-order valence-electron chi connectivity index (χ2n) is 4.05. The third-order valence-electron chi connectivity index (χ3n) is 2.52. The van der Waals surface area contributed by atoms with Crippen LogP contribution in [0.15, 0.2) is 4.42 Å². The number of halogens is 1. The molecule has 0 saturated heterocycles. The molecule has 0 aromatic carbocycles. The van der Waals surface area contributed by atoms with Crippen LogP contribution in [0.25, 0.3) is 0 Å². The summed E-state index contributed by atoms with van der Waals surface area (Å²) >= 11 is 5.57. The minimum absolute atomic E-state index is 0.249. The summed E-state index contributed by atoms with van der Waals surface area (Å²) in [6, 6.07) is 0.491. The van der Waals surface area contributed by atoms with Gasteiger partial charge in [0.15, 0.2) is 0 Å². The molecule has 5 nitrogen and oxygen atoms in total. The summed E-state index contributed by atoms with van der Waals surface area (Å²) in [5.41, 5.74) is 0. The molecule has 0 bridgehead atoms. The SMILES string of the molecule is CN(CCOCC1CC1)c1nnc(CCl)o1. The number of rotatable bonds is 7. The van der Waals surface area contributed by atoms with Gasteiger partial charge in [0.1, 0.15) is 5.88 Å². The molecule has 1 aliphatic carbocycles. The maximum atomic E-state index is 5.57. The molecule has 1 aromatic rings. The predicted molar refractivity (Wildman–Crippen MR) is 60.7 cm³/mol. The van der Waals surface area contributed by atoms with E-state index in [1.54, 1.807) is 0 Å². The lowest BCUT2D eigenvalue weighted by Crippen LogP contribution is -2.23. The average molecular weight is 246 g/mol. The second kappa shape index (κ2) is 5.50. The third-order valence-corrected chi connectivity index (χ3v) is 2.75. The highest BCUT2D eigenvalue weighted by atomic mass is 35.5. The summed E-state index contributed by atoms with van der Waals surface area (Å²) in [5, 5.41) is 7.67. The highest BCUT2D eigenvalue weighted by molar-refractivity contribution is 6.16. The van der Waals surface area contributed by atoms with E-state index in [0.717, 1.165) is 19.1 Å². The Morgan fingerprint density at radius 1 is 1.50 bits per heavy atom. The maximum absolute atomic E-state index is 5.57. The normalized spacial score (nSPS) is 15.4. The van der Waals surface area contributed by atoms with Crippen LogP contribution in [0.4, 0.5) is 6.01 Å². The molecule has 6 heteroatoms. The number of anilines is 1. The second-order valence-corrected chi connectivity index (χ2v) is 4.32. The van der Waals surface area contributed by atoms with Crippen molar-refractivity contribution in [3.63, 3.8) is 0 Å². The molecule has 1 fully saturated rings. The van der Waals surface area contributed by atoms with Crippen molar-refractivity contribution in [3.8, 4) is 0 Å². The van der Waals surface area contributed by atoms with Gasteiger partial charge in [-0.05, 0) is 18.8 Å². The van der Waals surface area contributed by atoms with Crippen LogP contribution in [0, 0.1) is 5.92 Å². The predicted octanol–water partition coefficient (Wildman–Crippen LogP) is 1.67. The molecule has 2 rings (SSSR count). The maximum Gasteiger partial charge on any atom is 0.318 e. The number of alkyl halides is 1. The summed E-state index contributed by atoms with van der Waals surface area (Å²) in [7, 11) is 1.89. The van der Waals surface area contributed by atoms with Gasteiger partial charge in [-0.1, -0.05) is 5.10 Å². The molecule has 16 heavy (non-hydrogen) atoms. The van der Waals surface area contributed by atoms with E-state index >= 15 is 0 Å².